The Hall–Kier alpha value is -3.77. The van der Waals surface area contributed by atoms with E-state index in [0.717, 1.165) is 6.07 Å². The van der Waals surface area contributed by atoms with Crippen molar-refractivity contribution in [2.24, 2.45) is 30.7 Å². The molecule has 7 aromatic carbocycles. The van der Waals surface area contributed by atoms with Gasteiger partial charge >= 0.3 is 88.7 Å². The smallest absolute Gasteiger partial charge is 0.744 e. The number of nitrogens with two attached hydrogens (primary N) is 1. The van der Waals surface area contributed by atoms with Gasteiger partial charge in [0.25, 0.3) is 0 Å². The molecule has 0 spiro atoms. The summed E-state index contributed by atoms with van der Waals surface area (Å²) in [7, 11) is -3.47. The molecule has 20 nitrogen and oxygen atoms in total. The van der Waals surface area contributed by atoms with E-state index < -0.39 is 15.0 Å². The first-order valence-electron chi connectivity index (χ1n) is 18.7. The predicted molar refractivity (Wildman–Crippen MR) is 235 cm³/mol. The summed E-state index contributed by atoms with van der Waals surface area (Å²) in [5.74, 6) is 0.692. The Morgan fingerprint density at radius 1 is 0.676 bits per heavy atom. The number of nitrogens with one attached hydrogen (secondary N) is 1. The van der Waals surface area contributed by atoms with E-state index in [2.05, 4.69) is 54.7 Å². The number of hydrogen-bond acceptors (Lipinski definition) is 22. The third-order valence-corrected chi connectivity index (χ3v) is 11.4. The maximum absolute atomic E-state index is 12.1. The molecule has 0 amide bonds. The summed E-state index contributed by atoms with van der Waals surface area (Å²) in [6.07, 6.45) is 0. The van der Waals surface area contributed by atoms with Crippen LogP contribution in [0.3, 0.4) is 0 Å². The Kier molecular flexibility index (Phi) is 22.1. The second-order valence-corrected chi connectivity index (χ2v) is 16.5. The molecule has 0 saturated carbocycles. The Balaban J connectivity index is 0.00000336. The van der Waals surface area contributed by atoms with Crippen LogP contribution in [0, 0.1) is 13.8 Å². The second kappa shape index (κ2) is 26.4. The largest absolute Gasteiger partial charge is 1.00 e. The SMILES string of the molecule is COc1cc(N=Nc2ccc(N=Nc3ccc4cc(SOO[O-])cc(S(=O)(=O)[O-])c4c3)c(C)c2)c(C)cc1N=Nc1c(SOO[O-])cc2cc(NCOc3ccc(N)cc3)ccc2c1O.[Na+].[Na+].[Na+]. The van der Waals surface area contributed by atoms with E-state index in [1.54, 1.807) is 105 Å². The molecule has 7 aromatic rings. The van der Waals surface area contributed by atoms with Gasteiger partial charge in [-0.15, -0.1) is 10.2 Å². The van der Waals surface area contributed by atoms with Gasteiger partial charge in [0.05, 0.1) is 63.7 Å². The van der Waals surface area contributed by atoms with E-state index in [1.165, 1.54) is 19.2 Å². The molecule has 0 aromatic heterocycles. The number of rotatable bonds is 18. The van der Waals surface area contributed by atoms with Crippen LogP contribution < -0.4 is 120 Å². The zero-order valence-electron chi connectivity index (χ0n) is 37.0. The van der Waals surface area contributed by atoms with Crippen molar-refractivity contribution < 1.29 is 145 Å². The van der Waals surface area contributed by atoms with Crippen molar-refractivity contribution in [1.29, 1.82) is 0 Å². The molecule has 334 valence electrons. The van der Waals surface area contributed by atoms with Gasteiger partial charge in [0.1, 0.15) is 33.0 Å². The van der Waals surface area contributed by atoms with Gasteiger partial charge in [-0.3, -0.25) is 10.1 Å². The number of methoxy groups -OCH3 is 1. The molecule has 0 saturated heterocycles. The summed E-state index contributed by atoms with van der Waals surface area (Å²) in [5.41, 5.74) is 10.4. The van der Waals surface area contributed by atoms with Crippen LogP contribution in [0.15, 0.2) is 155 Å². The molecule has 0 aliphatic heterocycles. The van der Waals surface area contributed by atoms with Crippen molar-refractivity contribution in [3.8, 4) is 17.2 Å². The number of fused-ring (bicyclic) bond motifs is 2. The number of ether oxygens (including phenoxy) is 2. The fraction of sp³-hybridized carbons (Fsp3) is 0.0952. The molecule has 7 rings (SSSR count). The molecule has 0 atom stereocenters. The summed E-state index contributed by atoms with van der Waals surface area (Å²) in [5, 5.41) is 70.0. The quantitative estimate of drug-likeness (QED) is 0.0158. The monoisotopic (exact) mass is 1010 g/mol. The topological polar surface area (TPSA) is 291 Å². The fourth-order valence-corrected chi connectivity index (χ4v) is 7.98. The number of hydrogen-bond donors (Lipinski definition) is 3. The summed E-state index contributed by atoms with van der Waals surface area (Å²) >= 11 is 1.00. The normalized spacial score (nSPS) is 11.5. The second-order valence-electron chi connectivity index (χ2n) is 13.6. The summed E-state index contributed by atoms with van der Waals surface area (Å²) < 4.78 is 56.3. The Bertz CT molecular complexity index is 3100. The summed E-state index contributed by atoms with van der Waals surface area (Å²) in [6.45, 7) is 3.74. The minimum Gasteiger partial charge on any atom is -0.744 e. The predicted octanol–water partition coefficient (Wildman–Crippen LogP) is 0.978. The number of benzene rings is 7. The van der Waals surface area contributed by atoms with Crippen LogP contribution >= 0.6 is 24.1 Å². The minimum atomic E-state index is -4.92. The maximum Gasteiger partial charge on any atom is 1.00 e. The van der Waals surface area contributed by atoms with E-state index in [4.69, 9.17) is 15.2 Å². The molecule has 0 fully saturated rings. The van der Waals surface area contributed by atoms with Gasteiger partial charge in [-0.2, -0.15) is 29.1 Å². The number of nitrogen functional groups attached to an aromatic ring is 1. The van der Waals surface area contributed by atoms with Crippen LogP contribution in [0.2, 0.25) is 0 Å². The standard InChI is InChI=1S/C42H36N8O12S3.3Na/c1-23-14-29(9-13-35(23)47-46-30-7-4-25-17-32(63-61-59-52)20-40(34(25)19-30)65(54,55)56)45-48-36-21-38(57-3)37(15-24(36)2)49-50-41-39(64-62-60-53)18-26-16-28(8-12-33(26)42(41)51)44-22-58-31-10-5-27(43)6-11-31;;;/h4-21,44,51-53H,22,43H2,1-3H3,(H,54,55,56);;;/q;3*+1/p-3. The molecule has 4 N–H and O–H groups in total. The third kappa shape index (κ3) is 14.6. The van der Waals surface area contributed by atoms with Crippen LogP contribution in [0.25, 0.3) is 21.5 Å². The molecule has 0 aliphatic carbocycles. The van der Waals surface area contributed by atoms with Crippen molar-refractivity contribution in [3.05, 3.63) is 120 Å². The van der Waals surface area contributed by atoms with Crippen LogP contribution in [-0.2, 0) is 28.9 Å². The van der Waals surface area contributed by atoms with E-state index in [9.17, 15) is 28.6 Å². The Morgan fingerprint density at radius 2 is 1.34 bits per heavy atom. The molecular weight excluding hydrogens is 974 g/mol. The molecule has 0 heterocycles. The number of azo groups is 3. The average Bonchev–Trinajstić information content (AvgIpc) is 3.29. The third-order valence-electron chi connectivity index (χ3n) is 9.38. The van der Waals surface area contributed by atoms with Gasteiger partial charge in [-0.25, -0.2) is 8.42 Å². The van der Waals surface area contributed by atoms with Gasteiger partial charge in [-0.05, 0) is 133 Å². The van der Waals surface area contributed by atoms with E-state index in [1.807, 2.05) is 0 Å². The first-order valence-corrected chi connectivity index (χ1v) is 21.6. The molecule has 0 bridgehead atoms. The fourth-order valence-electron chi connectivity index (χ4n) is 6.25. The Labute approximate surface area is 463 Å². The molecule has 0 unspecified atom stereocenters. The molecular formula is C42H33N8Na3O12S3. The van der Waals surface area contributed by atoms with Crippen LogP contribution in [0.4, 0.5) is 45.5 Å². The number of anilines is 2. The van der Waals surface area contributed by atoms with Crippen LogP contribution in [0.1, 0.15) is 11.1 Å². The number of nitrogens with zero attached hydrogens (tertiary/aromatic N) is 6. The average molecular weight is 1010 g/mol. The summed E-state index contributed by atoms with van der Waals surface area (Å²) in [4.78, 5) is -0.139. The number of aryl methyl sites for hydroxylation is 2. The molecule has 0 aliphatic rings. The number of aromatic hydroxyl groups is 1. The van der Waals surface area contributed by atoms with E-state index in [-0.39, 0.29) is 128 Å². The summed E-state index contributed by atoms with van der Waals surface area (Å²) in [6, 6.07) is 29.4. The zero-order valence-corrected chi connectivity index (χ0v) is 45.5. The first kappa shape index (κ1) is 56.8. The van der Waals surface area contributed by atoms with E-state index in [0.29, 0.717) is 97.0 Å². The minimum absolute atomic E-state index is 0. The van der Waals surface area contributed by atoms with Crippen molar-refractivity contribution >= 4 is 101 Å². The van der Waals surface area contributed by atoms with Gasteiger partial charge in [0.2, 0.25) is 0 Å². The zero-order chi connectivity index (χ0) is 46.1. The van der Waals surface area contributed by atoms with Gasteiger partial charge < -0.3 is 40.7 Å². The molecule has 26 heteroatoms. The van der Waals surface area contributed by atoms with Crippen molar-refractivity contribution in [2.45, 2.75) is 28.5 Å². The van der Waals surface area contributed by atoms with Crippen LogP contribution in [0.5, 0.6) is 17.2 Å². The van der Waals surface area contributed by atoms with Crippen LogP contribution in [-0.4, -0.2) is 31.9 Å². The first-order chi connectivity index (χ1) is 31.3. The molecule has 0 radical (unpaired) electrons. The Morgan fingerprint density at radius 3 is 2.03 bits per heavy atom. The van der Waals surface area contributed by atoms with Crippen molar-refractivity contribution in [1.82, 2.24) is 0 Å². The van der Waals surface area contributed by atoms with Gasteiger partial charge in [-0.1, -0.05) is 6.07 Å². The maximum atomic E-state index is 12.1. The number of phenolic OH excluding ortho intramolecular Hbond substituents is 1. The van der Waals surface area contributed by atoms with Crippen molar-refractivity contribution in [2.75, 3.05) is 24.9 Å². The number of phenols is 1. The van der Waals surface area contributed by atoms with Gasteiger partial charge in [0, 0.05) is 33.1 Å². The molecule has 68 heavy (non-hydrogen) atoms. The van der Waals surface area contributed by atoms with E-state index >= 15 is 0 Å². The van der Waals surface area contributed by atoms with Crippen molar-refractivity contribution in [3.63, 3.8) is 0 Å². The van der Waals surface area contributed by atoms with Gasteiger partial charge in [0.15, 0.2) is 12.5 Å².